The van der Waals surface area contributed by atoms with Crippen LogP contribution in [0.15, 0.2) is 36.8 Å². The maximum atomic E-state index is 13.1. The minimum Gasteiger partial charge on any atom is -0.383 e. The number of rotatable bonds is 2. The first-order valence-electron chi connectivity index (χ1n) is 5.06. The van der Waals surface area contributed by atoms with E-state index in [0.717, 1.165) is 6.20 Å². The van der Waals surface area contributed by atoms with Crippen molar-refractivity contribution < 1.29 is 9.50 Å². The van der Waals surface area contributed by atoms with Crippen LogP contribution >= 0.6 is 0 Å². The molecule has 0 bridgehead atoms. The number of aliphatic hydroxyl groups is 1. The van der Waals surface area contributed by atoms with Crippen molar-refractivity contribution >= 4 is 5.82 Å². The summed E-state index contributed by atoms with van der Waals surface area (Å²) in [5.74, 6) is -0.299. The lowest BCUT2D eigenvalue weighted by atomic mass is 9.89. The van der Waals surface area contributed by atoms with Crippen molar-refractivity contribution in [1.29, 1.82) is 0 Å². The summed E-state index contributed by atoms with van der Waals surface area (Å²) in [5.41, 5.74) is 5.03. The van der Waals surface area contributed by atoms with Crippen molar-refractivity contribution in [3.63, 3.8) is 0 Å². The van der Waals surface area contributed by atoms with Gasteiger partial charge < -0.3 is 10.8 Å². The highest BCUT2D eigenvalue weighted by atomic mass is 19.1. The third-order valence-electron chi connectivity index (χ3n) is 2.63. The van der Waals surface area contributed by atoms with Gasteiger partial charge in [-0.25, -0.2) is 9.37 Å². The molecule has 0 aliphatic heterocycles. The molecule has 0 spiro atoms. The molecule has 2 aromatic heterocycles. The predicted octanol–water partition coefficient (Wildman–Crippen LogP) is 1.45. The molecule has 0 aliphatic carbocycles. The molecule has 0 saturated heterocycles. The molecule has 1 atom stereocenters. The monoisotopic (exact) mass is 233 g/mol. The van der Waals surface area contributed by atoms with E-state index < -0.39 is 11.4 Å². The molecule has 2 heterocycles. The summed E-state index contributed by atoms with van der Waals surface area (Å²) in [4.78, 5) is 7.61. The molecular weight excluding hydrogens is 221 g/mol. The minimum absolute atomic E-state index is 0.210. The highest BCUT2D eigenvalue weighted by Crippen LogP contribution is 2.31. The summed E-state index contributed by atoms with van der Waals surface area (Å²) in [6.07, 6.45) is 4.00. The van der Waals surface area contributed by atoms with Crippen molar-refractivity contribution in [2.75, 3.05) is 5.73 Å². The first kappa shape index (κ1) is 11.5. The van der Waals surface area contributed by atoms with E-state index >= 15 is 0 Å². The number of nitrogens with two attached hydrogens (primary N) is 1. The van der Waals surface area contributed by atoms with Gasteiger partial charge in [0.2, 0.25) is 0 Å². The molecule has 0 saturated carbocycles. The lowest BCUT2D eigenvalue weighted by Gasteiger charge is -2.24. The van der Waals surface area contributed by atoms with Crippen LogP contribution in [0.2, 0.25) is 0 Å². The molecule has 0 aliphatic rings. The van der Waals surface area contributed by atoms with Gasteiger partial charge in [-0.1, -0.05) is 6.07 Å². The zero-order valence-electron chi connectivity index (χ0n) is 9.26. The molecule has 0 fully saturated rings. The van der Waals surface area contributed by atoms with E-state index in [-0.39, 0.29) is 5.82 Å². The van der Waals surface area contributed by atoms with Gasteiger partial charge in [0.05, 0.1) is 6.20 Å². The maximum Gasteiger partial charge on any atom is 0.141 e. The van der Waals surface area contributed by atoms with Crippen LogP contribution in [0.5, 0.6) is 0 Å². The first-order chi connectivity index (χ1) is 8.01. The largest absolute Gasteiger partial charge is 0.383 e. The van der Waals surface area contributed by atoms with Crippen LogP contribution in [-0.2, 0) is 5.60 Å². The third kappa shape index (κ3) is 2.09. The number of hydrogen-bond donors (Lipinski definition) is 2. The highest BCUT2D eigenvalue weighted by molar-refractivity contribution is 5.47. The molecule has 5 heteroatoms. The number of anilines is 1. The number of nitrogen functional groups attached to an aromatic ring is 1. The van der Waals surface area contributed by atoms with Gasteiger partial charge in [-0.2, -0.15) is 0 Å². The fourth-order valence-corrected chi connectivity index (χ4v) is 1.66. The smallest absolute Gasteiger partial charge is 0.141 e. The van der Waals surface area contributed by atoms with E-state index in [4.69, 9.17) is 5.73 Å². The Labute approximate surface area is 98.0 Å². The SMILES string of the molecule is CC(O)(c1cncc(F)c1)c1cccnc1N. The Kier molecular flexibility index (Phi) is 2.77. The number of aromatic nitrogens is 2. The Bertz CT molecular complexity index is 543. The van der Waals surface area contributed by atoms with Crippen molar-refractivity contribution in [3.05, 3.63) is 53.7 Å². The van der Waals surface area contributed by atoms with Crippen LogP contribution in [0.3, 0.4) is 0 Å². The summed E-state index contributed by atoms with van der Waals surface area (Å²) in [7, 11) is 0. The normalized spacial score (nSPS) is 14.3. The average molecular weight is 233 g/mol. The lowest BCUT2D eigenvalue weighted by molar-refractivity contribution is 0.102. The molecule has 1 unspecified atom stereocenters. The Balaban J connectivity index is 2.53. The van der Waals surface area contributed by atoms with Crippen LogP contribution in [0, 0.1) is 5.82 Å². The van der Waals surface area contributed by atoms with Gasteiger partial charge in [0.1, 0.15) is 17.2 Å². The maximum absolute atomic E-state index is 13.1. The summed E-state index contributed by atoms with van der Waals surface area (Å²) >= 11 is 0. The third-order valence-corrected chi connectivity index (χ3v) is 2.63. The molecule has 0 amide bonds. The molecule has 0 radical (unpaired) electrons. The van der Waals surface area contributed by atoms with Crippen LogP contribution in [-0.4, -0.2) is 15.1 Å². The second-order valence-electron chi connectivity index (χ2n) is 3.90. The van der Waals surface area contributed by atoms with E-state index in [1.165, 1.54) is 25.4 Å². The fraction of sp³-hybridized carbons (Fsp3) is 0.167. The lowest BCUT2D eigenvalue weighted by Crippen LogP contribution is -2.25. The standard InChI is InChI=1S/C12H12FN3O/c1-12(17,8-5-9(13)7-15-6-8)10-3-2-4-16-11(10)14/h2-7,17H,1H3,(H2,14,16). The number of pyridine rings is 2. The molecule has 0 aromatic carbocycles. The van der Waals surface area contributed by atoms with Crippen molar-refractivity contribution in [2.45, 2.75) is 12.5 Å². The molecule has 4 nitrogen and oxygen atoms in total. The van der Waals surface area contributed by atoms with Gasteiger partial charge in [0, 0.05) is 23.5 Å². The van der Waals surface area contributed by atoms with E-state index in [1.54, 1.807) is 12.1 Å². The van der Waals surface area contributed by atoms with Gasteiger partial charge in [-0.15, -0.1) is 0 Å². The van der Waals surface area contributed by atoms with Crippen molar-refractivity contribution in [3.8, 4) is 0 Å². The van der Waals surface area contributed by atoms with Crippen LogP contribution in [0.25, 0.3) is 0 Å². The van der Waals surface area contributed by atoms with Crippen molar-refractivity contribution in [2.24, 2.45) is 0 Å². The Morgan fingerprint density at radius 2 is 2.18 bits per heavy atom. The van der Waals surface area contributed by atoms with Gasteiger partial charge in [0.15, 0.2) is 0 Å². The van der Waals surface area contributed by atoms with Gasteiger partial charge in [0.25, 0.3) is 0 Å². The molecule has 17 heavy (non-hydrogen) atoms. The molecule has 2 rings (SSSR count). The van der Waals surface area contributed by atoms with Gasteiger partial charge in [-0.3, -0.25) is 4.98 Å². The summed E-state index contributed by atoms with van der Waals surface area (Å²) < 4.78 is 13.1. The zero-order valence-corrected chi connectivity index (χ0v) is 9.26. The summed E-state index contributed by atoms with van der Waals surface area (Å²) in [6, 6.07) is 4.53. The molecule has 88 valence electrons. The van der Waals surface area contributed by atoms with Crippen LogP contribution < -0.4 is 5.73 Å². The van der Waals surface area contributed by atoms with E-state index in [1.807, 2.05) is 0 Å². The number of nitrogens with zero attached hydrogens (tertiary/aromatic N) is 2. The second kappa shape index (κ2) is 4.10. The summed E-state index contributed by atoms with van der Waals surface area (Å²) in [5, 5.41) is 10.4. The fourth-order valence-electron chi connectivity index (χ4n) is 1.66. The van der Waals surface area contributed by atoms with Crippen LogP contribution in [0.4, 0.5) is 10.2 Å². The van der Waals surface area contributed by atoms with Crippen molar-refractivity contribution in [1.82, 2.24) is 9.97 Å². The topological polar surface area (TPSA) is 72.0 Å². The average Bonchev–Trinajstić information content (AvgIpc) is 2.29. The minimum atomic E-state index is -1.42. The first-order valence-corrected chi connectivity index (χ1v) is 5.06. The molecule has 2 aromatic rings. The van der Waals surface area contributed by atoms with E-state index in [9.17, 15) is 9.50 Å². The van der Waals surface area contributed by atoms with E-state index in [2.05, 4.69) is 9.97 Å². The predicted molar refractivity (Wildman–Crippen MR) is 61.5 cm³/mol. The number of halogens is 1. The Morgan fingerprint density at radius 1 is 1.41 bits per heavy atom. The Morgan fingerprint density at radius 3 is 2.82 bits per heavy atom. The Hall–Kier alpha value is -2.01. The highest BCUT2D eigenvalue weighted by Gasteiger charge is 2.28. The van der Waals surface area contributed by atoms with E-state index in [0.29, 0.717) is 11.1 Å². The number of hydrogen-bond acceptors (Lipinski definition) is 4. The molecular formula is C12H12FN3O. The summed E-state index contributed by atoms with van der Waals surface area (Å²) in [6.45, 7) is 1.52. The van der Waals surface area contributed by atoms with Crippen LogP contribution in [0.1, 0.15) is 18.1 Å². The second-order valence-corrected chi connectivity index (χ2v) is 3.90. The quantitative estimate of drug-likeness (QED) is 0.823. The van der Waals surface area contributed by atoms with Gasteiger partial charge in [-0.05, 0) is 19.1 Å². The zero-order chi connectivity index (χ0) is 12.5. The molecule has 3 N–H and O–H groups in total. The van der Waals surface area contributed by atoms with Gasteiger partial charge >= 0.3 is 0 Å².